The van der Waals surface area contributed by atoms with Gasteiger partial charge >= 0.3 is 0 Å². The van der Waals surface area contributed by atoms with Crippen molar-refractivity contribution >= 4 is 17.3 Å². The predicted octanol–water partition coefficient (Wildman–Crippen LogP) is 1.92. The van der Waals surface area contributed by atoms with Crippen LogP contribution in [0.2, 0.25) is 0 Å². The molecule has 1 aromatic carbocycles. The van der Waals surface area contributed by atoms with Crippen LogP contribution in [0.3, 0.4) is 0 Å². The highest BCUT2D eigenvalue weighted by atomic mass is 16.5. The Bertz CT molecular complexity index is 1010. The monoisotopic (exact) mass is 409 g/mol. The Labute approximate surface area is 175 Å². The second-order valence-electron chi connectivity index (χ2n) is 9.04. The van der Waals surface area contributed by atoms with Gasteiger partial charge in [-0.2, -0.15) is 0 Å². The molecule has 30 heavy (non-hydrogen) atoms. The molecule has 0 atom stereocenters. The van der Waals surface area contributed by atoms with Crippen molar-refractivity contribution in [1.29, 1.82) is 0 Å². The fraction of sp³-hybridized carbons (Fsp3) is 0.545. The third-order valence-corrected chi connectivity index (χ3v) is 7.26. The number of hydrogen-bond donors (Lipinski definition) is 1. The Morgan fingerprint density at radius 1 is 1.03 bits per heavy atom. The number of nitrogens with zero attached hydrogens (tertiary/aromatic N) is 4. The first-order valence-corrected chi connectivity index (χ1v) is 10.9. The van der Waals surface area contributed by atoms with Gasteiger partial charge in [0.25, 0.3) is 0 Å². The first kappa shape index (κ1) is 19.2. The van der Waals surface area contributed by atoms with Crippen LogP contribution in [-0.2, 0) is 6.54 Å². The number of aromatic nitrogens is 3. The van der Waals surface area contributed by atoms with Gasteiger partial charge in [-0.05, 0) is 68.8 Å². The average molecular weight is 409 g/mol. The minimum atomic E-state index is -0.402. The molecule has 2 heterocycles. The fourth-order valence-corrected chi connectivity index (χ4v) is 5.49. The van der Waals surface area contributed by atoms with Gasteiger partial charge in [0, 0.05) is 33.4 Å². The van der Waals surface area contributed by atoms with Crippen LogP contribution in [0.15, 0.2) is 18.2 Å². The van der Waals surface area contributed by atoms with E-state index < -0.39 is 5.78 Å². The van der Waals surface area contributed by atoms with Crippen LogP contribution < -0.4 is 10.7 Å². The lowest BCUT2D eigenvalue weighted by molar-refractivity contribution is -0.749. The normalized spacial score (nSPS) is 20.5. The molecule has 8 nitrogen and oxygen atoms in total. The molecule has 2 aromatic rings. The number of carbonyl (C=O) groups excluding carboxylic acids is 2. The summed E-state index contributed by atoms with van der Waals surface area (Å²) in [5, 5.41) is 16.2. The standard InChI is InChI=1S/C22H27N5O3/c23-15-4-5-16-17(14-15)21(29)19-18(20(16)28)24-27(30)26(19)11-3-10-25-12-8-22(9-13-25)6-1-2-7-22/h4-5,14H,1-3,6-13,23H2. The highest BCUT2D eigenvalue weighted by Crippen LogP contribution is 2.46. The van der Waals surface area contributed by atoms with Crippen molar-refractivity contribution in [3.05, 3.63) is 45.9 Å². The van der Waals surface area contributed by atoms with Gasteiger partial charge < -0.3 is 15.8 Å². The smallest absolute Gasteiger partial charge is 0.220 e. The number of piperidine rings is 1. The van der Waals surface area contributed by atoms with Gasteiger partial charge in [0.1, 0.15) is 0 Å². The van der Waals surface area contributed by atoms with E-state index in [1.807, 2.05) is 0 Å². The molecule has 1 saturated heterocycles. The Hall–Kier alpha value is -2.74. The molecular formula is C22H27N5O3. The first-order valence-electron chi connectivity index (χ1n) is 10.9. The molecule has 2 N–H and O–H groups in total. The van der Waals surface area contributed by atoms with Gasteiger partial charge in [-0.3, -0.25) is 9.59 Å². The number of likely N-dealkylation sites (tertiary alicyclic amines) is 1. The van der Waals surface area contributed by atoms with Crippen LogP contribution in [0.25, 0.3) is 0 Å². The second-order valence-corrected chi connectivity index (χ2v) is 9.04. The summed E-state index contributed by atoms with van der Waals surface area (Å²) in [5.74, 6) is -0.768. The van der Waals surface area contributed by atoms with Crippen LogP contribution in [0.1, 0.15) is 77.0 Å². The summed E-state index contributed by atoms with van der Waals surface area (Å²) < 4.78 is 1.30. The maximum atomic E-state index is 13.0. The van der Waals surface area contributed by atoms with E-state index in [9.17, 15) is 14.8 Å². The molecule has 2 aliphatic carbocycles. The van der Waals surface area contributed by atoms with Crippen molar-refractivity contribution in [2.24, 2.45) is 5.41 Å². The summed E-state index contributed by atoms with van der Waals surface area (Å²) in [5.41, 5.74) is 7.30. The van der Waals surface area contributed by atoms with E-state index in [0.717, 1.165) is 26.1 Å². The summed E-state index contributed by atoms with van der Waals surface area (Å²) >= 11 is 0. The largest absolute Gasteiger partial charge is 0.571 e. The third kappa shape index (κ3) is 3.10. The van der Waals surface area contributed by atoms with Crippen molar-refractivity contribution < 1.29 is 14.5 Å². The van der Waals surface area contributed by atoms with Gasteiger partial charge in [0.2, 0.25) is 17.3 Å². The summed E-state index contributed by atoms with van der Waals surface area (Å²) in [7, 11) is 0. The van der Waals surface area contributed by atoms with E-state index in [2.05, 4.69) is 10.00 Å². The van der Waals surface area contributed by atoms with Gasteiger partial charge in [-0.1, -0.05) is 12.8 Å². The number of rotatable bonds is 4. The van der Waals surface area contributed by atoms with E-state index in [0.29, 0.717) is 22.6 Å². The van der Waals surface area contributed by atoms with E-state index in [1.54, 1.807) is 6.07 Å². The van der Waals surface area contributed by atoms with Crippen molar-refractivity contribution in [2.45, 2.75) is 51.5 Å². The zero-order chi connectivity index (χ0) is 20.9. The lowest BCUT2D eigenvalue weighted by Crippen LogP contribution is -2.43. The zero-order valence-corrected chi connectivity index (χ0v) is 17.1. The number of anilines is 1. The van der Waals surface area contributed by atoms with Crippen molar-refractivity contribution in [1.82, 2.24) is 14.7 Å². The summed E-state index contributed by atoms with van der Waals surface area (Å²) in [6.45, 7) is 3.42. The highest BCUT2D eigenvalue weighted by molar-refractivity contribution is 6.27. The molecule has 1 aliphatic heterocycles. The Morgan fingerprint density at radius 3 is 2.50 bits per heavy atom. The lowest BCUT2D eigenvalue weighted by Gasteiger charge is -2.39. The topological polar surface area (TPSA) is 108 Å². The first-order chi connectivity index (χ1) is 14.5. The molecule has 1 aromatic heterocycles. The molecule has 0 bridgehead atoms. The fourth-order valence-electron chi connectivity index (χ4n) is 5.49. The average Bonchev–Trinajstić information content (AvgIpc) is 3.33. The number of hydrogen-bond acceptors (Lipinski definition) is 6. The molecule has 1 saturated carbocycles. The van der Waals surface area contributed by atoms with Crippen LogP contribution in [-0.4, -0.2) is 45.9 Å². The maximum Gasteiger partial charge on any atom is 0.220 e. The second kappa shape index (κ2) is 7.19. The molecule has 5 rings (SSSR count). The minimum Gasteiger partial charge on any atom is -0.571 e. The molecule has 0 unspecified atom stereocenters. The summed E-state index contributed by atoms with van der Waals surface area (Å²) in [6, 6.07) is 4.60. The van der Waals surface area contributed by atoms with E-state index in [1.165, 1.54) is 55.3 Å². The lowest BCUT2D eigenvalue weighted by atomic mass is 9.77. The van der Waals surface area contributed by atoms with Crippen LogP contribution in [0.4, 0.5) is 5.69 Å². The number of nitrogens with two attached hydrogens (primary N) is 1. The molecule has 8 heteroatoms. The highest BCUT2D eigenvalue weighted by Gasteiger charge is 2.40. The molecule has 0 amide bonds. The molecule has 1 spiro atoms. The Morgan fingerprint density at radius 2 is 1.77 bits per heavy atom. The summed E-state index contributed by atoms with van der Waals surface area (Å²) in [6.07, 6.45) is 8.75. The SMILES string of the molecule is Nc1ccc2c(c1)C(=O)c1c(n[n+]([O-])n1CCCN1CCC3(CCCC3)CC1)C2=O. The number of carbonyl (C=O) groups is 2. The van der Waals surface area contributed by atoms with Crippen molar-refractivity contribution in [3.8, 4) is 0 Å². The van der Waals surface area contributed by atoms with E-state index >= 15 is 0 Å². The van der Waals surface area contributed by atoms with Crippen LogP contribution >= 0.6 is 0 Å². The van der Waals surface area contributed by atoms with E-state index in [4.69, 9.17) is 5.73 Å². The quantitative estimate of drug-likeness (QED) is 0.401. The predicted molar refractivity (Wildman–Crippen MR) is 110 cm³/mol. The maximum absolute atomic E-state index is 13.0. The Balaban J connectivity index is 1.28. The van der Waals surface area contributed by atoms with Crippen molar-refractivity contribution in [2.75, 3.05) is 25.4 Å². The number of benzene rings is 1. The minimum absolute atomic E-state index is 0.0616. The summed E-state index contributed by atoms with van der Waals surface area (Å²) in [4.78, 5) is 28.6. The Kier molecular flexibility index (Phi) is 4.61. The number of ketones is 2. The van der Waals surface area contributed by atoms with Crippen LogP contribution in [0.5, 0.6) is 0 Å². The van der Waals surface area contributed by atoms with Crippen LogP contribution in [0, 0.1) is 10.6 Å². The number of nitrogen functional groups attached to an aromatic ring is 1. The van der Waals surface area contributed by atoms with Gasteiger partial charge in [0.15, 0.2) is 5.69 Å². The van der Waals surface area contributed by atoms with Crippen molar-refractivity contribution in [3.63, 3.8) is 0 Å². The zero-order valence-electron chi connectivity index (χ0n) is 17.1. The number of fused-ring (bicyclic) bond motifs is 2. The molecule has 0 radical (unpaired) electrons. The van der Waals surface area contributed by atoms with Gasteiger partial charge in [-0.15, -0.1) is 4.68 Å². The van der Waals surface area contributed by atoms with E-state index in [-0.39, 0.29) is 28.3 Å². The molecular weight excluding hydrogens is 382 g/mol. The molecule has 3 aliphatic rings. The van der Waals surface area contributed by atoms with Gasteiger partial charge in [0.05, 0.1) is 6.54 Å². The van der Waals surface area contributed by atoms with Gasteiger partial charge in [-0.25, -0.2) is 0 Å². The third-order valence-electron chi connectivity index (χ3n) is 7.26. The molecule has 2 fully saturated rings. The molecule has 158 valence electrons.